The van der Waals surface area contributed by atoms with E-state index in [0.717, 1.165) is 18.8 Å². The van der Waals surface area contributed by atoms with E-state index in [1.54, 1.807) is 0 Å². The summed E-state index contributed by atoms with van der Waals surface area (Å²) >= 11 is 0. The summed E-state index contributed by atoms with van der Waals surface area (Å²) < 4.78 is 2.16. The zero-order chi connectivity index (χ0) is 13.4. The van der Waals surface area contributed by atoms with Crippen LogP contribution < -0.4 is 5.32 Å². The van der Waals surface area contributed by atoms with Gasteiger partial charge in [-0.15, -0.1) is 0 Å². The number of fused-ring (bicyclic) bond motifs is 1. The first-order valence-electron chi connectivity index (χ1n) is 7.05. The predicted molar refractivity (Wildman–Crippen MR) is 78.7 cm³/mol. The van der Waals surface area contributed by atoms with Crippen molar-refractivity contribution in [1.29, 1.82) is 0 Å². The van der Waals surface area contributed by atoms with Crippen LogP contribution >= 0.6 is 0 Å². The Hall–Kier alpha value is -1.77. The number of hydrogen-bond acceptors (Lipinski definition) is 2. The molecule has 1 aromatic carbocycles. The minimum absolute atomic E-state index is 0.364. The van der Waals surface area contributed by atoms with Crippen LogP contribution in [0.4, 0.5) is 5.82 Å². The van der Waals surface area contributed by atoms with Gasteiger partial charge in [0.15, 0.2) is 0 Å². The first-order valence-corrected chi connectivity index (χ1v) is 7.05. The Morgan fingerprint density at radius 2 is 2.16 bits per heavy atom. The molecule has 0 radical (unpaired) electrons. The summed E-state index contributed by atoms with van der Waals surface area (Å²) in [4.78, 5) is 0. The Kier molecular flexibility index (Phi) is 3.05. The molecule has 19 heavy (non-hydrogen) atoms. The summed E-state index contributed by atoms with van der Waals surface area (Å²) in [5.41, 5.74) is 3.84. The maximum Gasteiger partial charge on any atom is 0.125 e. The van der Waals surface area contributed by atoms with Crippen LogP contribution in [0.2, 0.25) is 0 Å². The molecule has 100 valence electrons. The molecule has 0 aliphatic carbocycles. The summed E-state index contributed by atoms with van der Waals surface area (Å²) in [6.07, 6.45) is 1.09. The van der Waals surface area contributed by atoms with Gasteiger partial charge in [-0.3, -0.25) is 0 Å². The largest absolute Gasteiger partial charge is 0.370 e. The third kappa shape index (κ3) is 2.25. The number of benzene rings is 1. The van der Waals surface area contributed by atoms with Gasteiger partial charge in [-0.25, -0.2) is 4.68 Å². The molecule has 3 heteroatoms. The molecule has 1 unspecified atom stereocenters. The Labute approximate surface area is 114 Å². The molecule has 1 aliphatic heterocycles. The van der Waals surface area contributed by atoms with Crippen molar-refractivity contribution in [3.63, 3.8) is 0 Å². The van der Waals surface area contributed by atoms with Crippen molar-refractivity contribution in [3.8, 4) is 0 Å². The lowest BCUT2D eigenvalue weighted by molar-refractivity contribution is 0.476. The van der Waals surface area contributed by atoms with E-state index < -0.39 is 0 Å². The molecular weight excluding hydrogens is 234 g/mol. The molecule has 0 bridgehead atoms. The normalized spacial score (nSPS) is 18.2. The SMILES string of the molecule is Cc1cccc(C2CCNc3cc(C(C)C)nn32)c1. The second kappa shape index (κ2) is 4.72. The molecule has 0 spiro atoms. The highest BCUT2D eigenvalue weighted by Crippen LogP contribution is 2.31. The standard InChI is InChI=1S/C16H21N3/c1-11(2)14-10-16-17-8-7-15(19(16)18-14)13-6-4-5-12(3)9-13/h4-6,9-11,15,17H,7-8H2,1-3H3. The minimum Gasteiger partial charge on any atom is -0.370 e. The maximum atomic E-state index is 4.79. The van der Waals surface area contributed by atoms with Crippen molar-refractivity contribution in [2.75, 3.05) is 11.9 Å². The van der Waals surface area contributed by atoms with Gasteiger partial charge in [-0.2, -0.15) is 5.10 Å². The second-order valence-corrected chi connectivity index (χ2v) is 5.70. The first-order chi connectivity index (χ1) is 9.15. The highest BCUT2D eigenvalue weighted by Gasteiger charge is 2.23. The molecule has 1 atom stereocenters. The number of anilines is 1. The summed E-state index contributed by atoms with van der Waals surface area (Å²) in [7, 11) is 0. The number of aryl methyl sites for hydroxylation is 1. The Balaban J connectivity index is 2.02. The third-order valence-corrected chi connectivity index (χ3v) is 3.79. The number of rotatable bonds is 2. The van der Waals surface area contributed by atoms with Crippen LogP contribution in [0.5, 0.6) is 0 Å². The average molecular weight is 255 g/mol. The molecule has 3 nitrogen and oxygen atoms in total. The van der Waals surface area contributed by atoms with E-state index in [9.17, 15) is 0 Å². The summed E-state index contributed by atoms with van der Waals surface area (Å²) in [6.45, 7) is 7.54. The van der Waals surface area contributed by atoms with Crippen LogP contribution in [-0.2, 0) is 0 Å². The summed E-state index contributed by atoms with van der Waals surface area (Å²) in [6, 6.07) is 11.3. The van der Waals surface area contributed by atoms with Crippen LogP contribution in [0.3, 0.4) is 0 Å². The van der Waals surface area contributed by atoms with E-state index in [0.29, 0.717) is 12.0 Å². The van der Waals surface area contributed by atoms with E-state index in [4.69, 9.17) is 5.10 Å². The molecule has 3 rings (SSSR count). The number of hydrogen-bond donors (Lipinski definition) is 1. The van der Waals surface area contributed by atoms with E-state index in [2.05, 4.69) is 61.1 Å². The number of nitrogens with one attached hydrogen (secondary N) is 1. The van der Waals surface area contributed by atoms with Crippen LogP contribution in [0.15, 0.2) is 30.3 Å². The van der Waals surface area contributed by atoms with Gasteiger partial charge in [0.05, 0.1) is 11.7 Å². The fourth-order valence-corrected chi connectivity index (χ4v) is 2.71. The van der Waals surface area contributed by atoms with Crippen molar-refractivity contribution >= 4 is 5.82 Å². The van der Waals surface area contributed by atoms with E-state index in [1.165, 1.54) is 16.8 Å². The lowest BCUT2D eigenvalue weighted by Crippen LogP contribution is -2.24. The minimum atomic E-state index is 0.364. The molecule has 0 saturated heterocycles. The number of nitrogens with zero attached hydrogens (tertiary/aromatic N) is 2. The highest BCUT2D eigenvalue weighted by atomic mass is 15.4. The van der Waals surface area contributed by atoms with Gasteiger partial charge in [0, 0.05) is 12.6 Å². The summed E-state index contributed by atoms with van der Waals surface area (Å²) in [5.74, 6) is 1.62. The quantitative estimate of drug-likeness (QED) is 0.886. The van der Waals surface area contributed by atoms with E-state index in [-0.39, 0.29) is 0 Å². The molecular formula is C16H21N3. The highest BCUT2D eigenvalue weighted by molar-refractivity contribution is 5.42. The van der Waals surface area contributed by atoms with Crippen LogP contribution in [-0.4, -0.2) is 16.3 Å². The fraction of sp³-hybridized carbons (Fsp3) is 0.438. The van der Waals surface area contributed by atoms with Gasteiger partial charge in [0.1, 0.15) is 5.82 Å². The van der Waals surface area contributed by atoms with E-state index in [1.807, 2.05) is 0 Å². The van der Waals surface area contributed by atoms with Crippen LogP contribution in [0, 0.1) is 6.92 Å². The van der Waals surface area contributed by atoms with Gasteiger partial charge >= 0.3 is 0 Å². The van der Waals surface area contributed by atoms with Crippen LogP contribution in [0.1, 0.15) is 49.0 Å². The van der Waals surface area contributed by atoms with Crippen molar-refractivity contribution < 1.29 is 0 Å². The first kappa shape index (κ1) is 12.3. The zero-order valence-electron chi connectivity index (χ0n) is 11.9. The molecule has 2 aromatic rings. The Morgan fingerprint density at radius 3 is 2.89 bits per heavy atom. The van der Waals surface area contributed by atoms with Crippen molar-refractivity contribution in [2.24, 2.45) is 0 Å². The molecule has 0 amide bonds. The van der Waals surface area contributed by atoms with Gasteiger partial charge in [0.2, 0.25) is 0 Å². The predicted octanol–water partition coefficient (Wildman–Crippen LogP) is 3.72. The van der Waals surface area contributed by atoms with Gasteiger partial charge in [-0.1, -0.05) is 43.7 Å². The monoisotopic (exact) mass is 255 g/mol. The van der Waals surface area contributed by atoms with Crippen molar-refractivity contribution in [2.45, 2.75) is 39.2 Å². The zero-order valence-corrected chi connectivity index (χ0v) is 11.9. The van der Waals surface area contributed by atoms with Gasteiger partial charge in [-0.05, 0) is 24.8 Å². The Morgan fingerprint density at radius 1 is 1.32 bits per heavy atom. The smallest absolute Gasteiger partial charge is 0.125 e. The molecule has 1 N–H and O–H groups in total. The average Bonchev–Trinajstić information content (AvgIpc) is 2.82. The van der Waals surface area contributed by atoms with Crippen molar-refractivity contribution in [1.82, 2.24) is 9.78 Å². The van der Waals surface area contributed by atoms with Crippen LogP contribution in [0.25, 0.3) is 0 Å². The van der Waals surface area contributed by atoms with E-state index >= 15 is 0 Å². The van der Waals surface area contributed by atoms with Gasteiger partial charge in [0.25, 0.3) is 0 Å². The lowest BCUT2D eigenvalue weighted by Gasteiger charge is -2.26. The molecule has 2 heterocycles. The molecule has 1 aromatic heterocycles. The topological polar surface area (TPSA) is 29.9 Å². The third-order valence-electron chi connectivity index (χ3n) is 3.79. The second-order valence-electron chi connectivity index (χ2n) is 5.70. The molecule has 1 aliphatic rings. The van der Waals surface area contributed by atoms with Gasteiger partial charge < -0.3 is 5.32 Å². The summed E-state index contributed by atoms with van der Waals surface area (Å²) in [5, 5.41) is 8.24. The lowest BCUT2D eigenvalue weighted by atomic mass is 10.0. The van der Waals surface area contributed by atoms with Crippen molar-refractivity contribution in [3.05, 3.63) is 47.2 Å². The molecule has 0 fully saturated rings. The molecule has 0 saturated carbocycles. The Bertz CT molecular complexity index is 583. The number of aromatic nitrogens is 2. The maximum absolute atomic E-state index is 4.79. The fourth-order valence-electron chi connectivity index (χ4n) is 2.71.